The monoisotopic (exact) mass is 380 g/mol. The zero-order valence-electron chi connectivity index (χ0n) is 16.5. The Labute approximate surface area is 166 Å². The highest BCUT2D eigenvalue weighted by Crippen LogP contribution is 2.39. The number of carbonyl (C=O) groups excluding carboxylic acids is 1. The Morgan fingerprint density at radius 3 is 2.64 bits per heavy atom. The second kappa shape index (κ2) is 7.84. The van der Waals surface area contributed by atoms with Crippen LogP contribution in [0.5, 0.6) is 5.75 Å². The number of aliphatic hydroxyl groups excluding tert-OH is 1. The third-order valence-electron chi connectivity index (χ3n) is 5.83. The quantitative estimate of drug-likeness (QED) is 0.809. The van der Waals surface area contributed by atoms with Crippen molar-refractivity contribution in [2.75, 3.05) is 25.6 Å². The summed E-state index contributed by atoms with van der Waals surface area (Å²) in [5.74, 6) is 1.24. The molecular formula is C23H28N2O3. The molecule has 1 saturated carbocycles. The van der Waals surface area contributed by atoms with Gasteiger partial charge >= 0.3 is 0 Å². The molecule has 5 nitrogen and oxygen atoms in total. The van der Waals surface area contributed by atoms with Gasteiger partial charge in [0.25, 0.3) is 0 Å². The molecule has 1 atom stereocenters. The van der Waals surface area contributed by atoms with E-state index in [9.17, 15) is 9.90 Å². The molecule has 2 aromatic carbocycles. The Morgan fingerprint density at radius 2 is 1.96 bits per heavy atom. The predicted molar refractivity (Wildman–Crippen MR) is 110 cm³/mol. The highest BCUT2D eigenvalue weighted by atomic mass is 16.5. The molecule has 0 bridgehead atoms. The number of carbonyl (C=O) groups is 1. The molecular weight excluding hydrogens is 352 g/mol. The number of benzene rings is 2. The number of ether oxygens (including phenoxy) is 1. The molecule has 2 aromatic rings. The Kier molecular flexibility index (Phi) is 5.27. The van der Waals surface area contributed by atoms with Gasteiger partial charge in [-0.05, 0) is 59.7 Å². The van der Waals surface area contributed by atoms with E-state index >= 15 is 0 Å². The predicted octanol–water partition coefficient (Wildman–Crippen LogP) is 2.86. The maximum absolute atomic E-state index is 12.8. The van der Waals surface area contributed by atoms with Crippen LogP contribution in [0.2, 0.25) is 0 Å². The van der Waals surface area contributed by atoms with Crippen molar-refractivity contribution < 1.29 is 14.6 Å². The van der Waals surface area contributed by atoms with Crippen LogP contribution in [0, 0.1) is 5.92 Å². The van der Waals surface area contributed by atoms with Gasteiger partial charge in [-0.2, -0.15) is 0 Å². The van der Waals surface area contributed by atoms with Crippen LogP contribution in [0.4, 0.5) is 5.69 Å². The molecule has 0 aromatic heterocycles. The van der Waals surface area contributed by atoms with Crippen LogP contribution < -0.4 is 15.0 Å². The average molecular weight is 380 g/mol. The number of aliphatic hydroxyl groups is 1. The molecule has 0 spiro atoms. The number of hydrogen-bond acceptors (Lipinski definition) is 4. The maximum atomic E-state index is 12.8. The molecule has 5 heteroatoms. The topological polar surface area (TPSA) is 61.8 Å². The first-order chi connectivity index (χ1) is 13.5. The van der Waals surface area contributed by atoms with Crippen LogP contribution in [0.15, 0.2) is 42.5 Å². The Bertz CT molecular complexity index is 841. The zero-order valence-corrected chi connectivity index (χ0v) is 16.5. The molecule has 1 aliphatic heterocycles. The van der Waals surface area contributed by atoms with Crippen molar-refractivity contribution in [2.45, 2.75) is 37.8 Å². The highest BCUT2D eigenvalue weighted by molar-refractivity contribution is 5.79. The summed E-state index contributed by atoms with van der Waals surface area (Å²) in [4.78, 5) is 14.8. The van der Waals surface area contributed by atoms with Crippen LogP contribution in [0.1, 0.15) is 35.6 Å². The average Bonchev–Trinajstić information content (AvgIpc) is 3.12. The van der Waals surface area contributed by atoms with E-state index in [-0.39, 0.29) is 24.0 Å². The lowest BCUT2D eigenvalue weighted by molar-refractivity contribution is -0.122. The van der Waals surface area contributed by atoms with Crippen LogP contribution in [-0.4, -0.2) is 37.8 Å². The molecule has 4 rings (SSSR count). The number of amides is 1. The first-order valence-corrected chi connectivity index (χ1v) is 9.99. The maximum Gasteiger partial charge on any atom is 0.224 e. The van der Waals surface area contributed by atoms with Gasteiger partial charge in [0.1, 0.15) is 5.75 Å². The highest BCUT2D eigenvalue weighted by Gasteiger charge is 2.36. The van der Waals surface area contributed by atoms with Gasteiger partial charge in [-0.1, -0.05) is 18.2 Å². The third kappa shape index (κ3) is 3.99. The number of fused-ring (bicyclic) bond motifs is 1. The van der Waals surface area contributed by atoms with Gasteiger partial charge in [-0.25, -0.2) is 0 Å². The van der Waals surface area contributed by atoms with Crippen molar-refractivity contribution in [3.05, 3.63) is 59.2 Å². The van der Waals surface area contributed by atoms with Crippen molar-refractivity contribution >= 4 is 11.6 Å². The third-order valence-corrected chi connectivity index (χ3v) is 5.83. The Hall–Kier alpha value is -2.53. The minimum absolute atomic E-state index is 0.0146. The van der Waals surface area contributed by atoms with Crippen LogP contribution >= 0.6 is 0 Å². The first-order valence-electron chi connectivity index (χ1n) is 9.99. The number of anilines is 1. The number of nitrogens with one attached hydrogen (secondary N) is 1. The van der Waals surface area contributed by atoms with Crippen molar-refractivity contribution in [3.8, 4) is 5.75 Å². The molecule has 28 heavy (non-hydrogen) atoms. The number of nitrogens with zero attached hydrogens (tertiary/aromatic N) is 1. The van der Waals surface area contributed by atoms with Gasteiger partial charge in [0.2, 0.25) is 5.91 Å². The van der Waals surface area contributed by atoms with Gasteiger partial charge in [0.05, 0.1) is 25.2 Å². The van der Waals surface area contributed by atoms with E-state index in [1.165, 1.54) is 5.56 Å². The molecule has 1 aliphatic carbocycles. The lowest BCUT2D eigenvalue weighted by Crippen LogP contribution is -2.41. The van der Waals surface area contributed by atoms with Crippen molar-refractivity contribution in [1.29, 1.82) is 0 Å². The standard InChI is InChI=1S/C23H28N2O3/c1-25(2)19-6-3-15(4-7-19)11-22(27)24-23(18-13-20(26)14-18)17-5-8-21-16(12-17)9-10-28-21/h3-8,12,18,20,23,26H,9-11,13-14H2,1-2H3,(H,24,27)/t18?,20?,23-/m0/s1. The van der Waals surface area contributed by atoms with E-state index in [4.69, 9.17) is 4.74 Å². The Balaban J connectivity index is 1.47. The second-order valence-electron chi connectivity index (χ2n) is 8.13. The van der Waals surface area contributed by atoms with Gasteiger partial charge in [-0.3, -0.25) is 4.79 Å². The van der Waals surface area contributed by atoms with E-state index in [0.717, 1.165) is 48.4 Å². The summed E-state index contributed by atoms with van der Waals surface area (Å²) in [6.07, 6.45) is 2.48. The SMILES string of the molecule is CN(C)c1ccc(CC(=O)N[C@@H](c2ccc3c(c2)CCO3)C2CC(O)C2)cc1. The smallest absolute Gasteiger partial charge is 0.224 e. The molecule has 1 heterocycles. The van der Waals surface area contributed by atoms with Crippen molar-refractivity contribution in [2.24, 2.45) is 5.92 Å². The van der Waals surface area contributed by atoms with E-state index < -0.39 is 0 Å². The number of hydrogen-bond donors (Lipinski definition) is 2. The summed E-state index contributed by atoms with van der Waals surface area (Å²) < 4.78 is 5.61. The minimum atomic E-state index is -0.249. The molecule has 0 unspecified atom stereocenters. The minimum Gasteiger partial charge on any atom is -0.493 e. The first kappa shape index (κ1) is 18.8. The summed E-state index contributed by atoms with van der Waals surface area (Å²) in [7, 11) is 4.00. The largest absolute Gasteiger partial charge is 0.493 e. The fourth-order valence-corrected chi connectivity index (χ4v) is 4.10. The van der Waals surface area contributed by atoms with E-state index in [0.29, 0.717) is 6.42 Å². The second-order valence-corrected chi connectivity index (χ2v) is 8.13. The molecule has 148 valence electrons. The van der Waals surface area contributed by atoms with Crippen LogP contribution in [-0.2, 0) is 17.6 Å². The fraction of sp³-hybridized carbons (Fsp3) is 0.435. The van der Waals surface area contributed by atoms with E-state index in [2.05, 4.69) is 11.4 Å². The van der Waals surface area contributed by atoms with Crippen LogP contribution in [0.25, 0.3) is 0 Å². The van der Waals surface area contributed by atoms with Gasteiger partial charge in [0.15, 0.2) is 0 Å². The van der Waals surface area contributed by atoms with Crippen molar-refractivity contribution in [1.82, 2.24) is 5.32 Å². The zero-order chi connectivity index (χ0) is 19.7. The normalized spacial score (nSPS) is 21.2. The molecule has 1 amide bonds. The van der Waals surface area contributed by atoms with Gasteiger partial charge < -0.3 is 20.1 Å². The van der Waals surface area contributed by atoms with E-state index in [1.54, 1.807) is 0 Å². The van der Waals surface area contributed by atoms with Gasteiger partial charge in [-0.15, -0.1) is 0 Å². The summed E-state index contributed by atoms with van der Waals surface area (Å²) >= 11 is 0. The molecule has 2 N–H and O–H groups in total. The van der Waals surface area contributed by atoms with Crippen LogP contribution in [0.3, 0.4) is 0 Å². The summed E-state index contributed by atoms with van der Waals surface area (Å²) in [6.45, 7) is 0.723. The van der Waals surface area contributed by atoms with Gasteiger partial charge in [0, 0.05) is 26.2 Å². The molecule has 2 aliphatic rings. The Morgan fingerprint density at radius 1 is 1.21 bits per heavy atom. The van der Waals surface area contributed by atoms with E-state index in [1.807, 2.05) is 55.4 Å². The van der Waals surface area contributed by atoms with Crippen molar-refractivity contribution in [3.63, 3.8) is 0 Å². The number of rotatable bonds is 6. The summed E-state index contributed by atoms with van der Waals surface area (Å²) in [5.41, 5.74) is 4.43. The molecule has 0 radical (unpaired) electrons. The molecule has 1 fully saturated rings. The summed E-state index contributed by atoms with van der Waals surface area (Å²) in [6, 6.07) is 14.2. The summed E-state index contributed by atoms with van der Waals surface area (Å²) in [5, 5.41) is 13.0. The lowest BCUT2D eigenvalue weighted by Gasteiger charge is -2.38. The molecule has 0 saturated heterocycles. The fourth-order valence-electron chi connectivity index (χ4n) is 4.10. The lowest BCUT2D eigenvalue weighted by atomic mass is 9.74.